The maximum absolute atomic E-state index is 14.1. The van der Waals surface area contributed by atoms with Gasteiger partial charge in [0.25, 0.3) is 0 Å². The Hall–Kier alpha value is -2.67. The van der Waals surface area contributed by atoms with Crippen LogP contribution >= 0.6 is 11.8 Å². The van der Waals surface area contributed by atoms with Crippen LogP contribution in [0.3, 0.4) is 0 Å². The molecule has 0 saturated heterocycles. The third-order valence-electron chi connectivity index (χ3n) is 4.38. The van der Waals surface area contributed by atoms with E-state index < -0.39 is 0 Å². The van der Waals surface area contributed by atoms with Crippen molar-refractivity contribution < 1.29 is 9.18 Å². The summed E-state index contributed by atoms with van der Waals surface area (Å²) in [6.45, 7) is 3.81. The lowest BCUT2D eigenvalue weighted by atomic mass is 10.1. The van der Waals surface area contributed by atoms with E-state index in [0.29, 0.717) is 10.8 Å². The molecular weight excluding hydrogens is 375 g/mol. The van der Waals surface area contributed by atoms with Gasteiger partial charge in [0.2, 0.25) is 5.91 Å². The number of amides is 1. The second-order valence-corrected chi connectivity index (χ2v) is 7.94. The van der Waals surface area contributed by atoms with Gasteiger partial charge in [-0.05, 0) is 44.4 Å². The molecule has 1 heterocycles. The molecular formula is C21H23FN4OS. The Balaban J connectivity index is 1.56. The van der Waals surface area contributed by atoms with E-state index in [1.54, 1.807) is 22.8 Å². The zero-order valence-electron chi connectivity index (χ0n) is 15.9. The van der Waals surface area contributed by atoms with Crippen LogP contribution in [0, 0.1) is 5.82 Å². The van der Waals surface area contributed by atoms with E-state index in [2.05, 4.69) is 27.6 Å². The highest BCUT2D eigenvalue weighted by Crippen LogP contribution is 2.25. The number of halogens is 1. The van der Waals surface area contributed by atoms with Crippen molar-refractivity contribution >= 4 is 17.7 Å². The van der Waals surface area contributed by atoms with E-state index in [0.717, 1.165) is 12.8 Å². The fourth-order valence-corrected chi connectivity index (χ4v) is 3.63. The van der Waals surface area contributed by atoms with Crippen LogP contribution in [0.5, 0.6) is 0 Å². The van der Waals surface area contributed by atoms with Gasteiger partial charge in [0.05, 0.1) is 10.9 Å². The highest BCUT2D eigenvalue weighted by atomic mass is 32.2. The fourth-order valence-electron chi connectivity index (χ4n) is 2.79. The lowest BCUT2D eigenvalue weighted by Gasteiger charge is -2.17. The van der Waals surface area contributed by atoms with Crippen LogP contribution in [0.2, 0.25) is 0 Å². The number of rotatable bonds is 8. The van der Waals surface area contributed by atoms with Crippen LogP contribution in [0.4, 0.5) is 4.39 Å². The summed E-state index contributed by atoms with van der Waals surface area (Å²) in [6, 6.07) is 16.7. The summed E-state index contributed by atoms with van der Waals surface area (Å²) in [5.74, 6) is -0.440. The van der Waals surface area contributed by atoms with Crippen molar-refractivity contribution in [1.82, 2.24) is 20.1 Å². The highest BCUT2D eigenvalue weighted by Gasteiger charge is 2.20. The van der Waals surface area contributed by atoms with E-state index in [1.807, 2.05) is 32.0 Å². The number of hydrogen-bond donors (Lipinski definition) is 1. The van der Waals surface area contributed by atoms with Gasteiger partial charge >= 0.3 is 0 Å². The van der Waals surface area contributed by atoms with Crippen LogP contribution in [0.15, 0.2) is 66.1 Å². The van der Waals surface area contributed by atoms with Gasteiger partial charge in [0, 0.05) is 6.04 Å². The SMILES string of the molecule is C[C@H](CCc1ccccc1)NC(=O)[C@@H](C)Sc1nncn1-c1ccccc1F. The molecule has 5 nitrogen and oxygen atoms in total. The Morgan fingerprint density at radius 3 is 2.61 bits per heavy atom. The maximum Gasteiger partial charge on any atom is 0.233 e. The fraction of sp³-hybridized carbons (Fsp3) is 0.286. The van der Waals surface area contributed by atoms with Crippen molar-refractivity contribution in [2.75, 3.05) is 0 Å². The van der Waals surface area contributed by atoms with Crippen molar-refractivity contribution in [2.45, 2.75) is 43.1 Å². The molecule has 0 fully saturated rings. The highest BCUT2D eigenvalue weighted by molar-refractivity contribution is 8.00. The van der Waals surface area contributed by atoms with Crippen LogP contribution in [0.25, 0.3) is 5.69 Å². The van der Waals surface area contributed by atoms with Gasteiger partial charge in [-0.2, -0.15) is 0 Å². The van der Waals surface area contributed by atoms with E-state index in [1.165, 1.54) is 29.7 Å². The minimum absolute atomic E-state index is 0.0557. The molecule has 0 aliphatic rings. The zero-order chi connectivity index (χ0) is 19.9. The first-order valence-electron chi connectivity index (χ1n) is 9.20. The molecule has 0 aliphatic carbocycles. The average Bonchev–Trinajstić information content (AvgIpc) is 3.15. The number of thioether (sulfide) groups is 1. The number of aromatic nitrogens is 3. The molecule has 2 atom stereocenters. The summed E-state index contributed by atoms with van der Waals surface area (Å²) >= 11 is 1.26. The molecule has 7 heteroatoms. The monoisotopic (exact) mass is 398 g/mol. The molecule has 0 unspecified atom stereocenters. The normalized spacial score (nSPS) is 13.1. The molecule has 0 aliphatic heterocycles. The van der Waals surface area contributed by atoms with Gasteiger partial charge in [0.15, 0.2) is 5.16 Å². The Kier molecular flexibility index (Phi) is 6.81. The lowest BCUT2D eigenvalue weighted by molar-refractivity contribution is -0.120. The summed E-state index contributed by atoms with van der Waals surface area (Å²) in [5, 5.41) is 11.0. The number of benzene rings is 2. The van der Waals surface area contributed by atoms with Crippen molar-refractivity contribution in [2.24, 2.45) is 0 Å². The molecule has 2 aromatic carbocycles. The first-order chi connectivity index (χ1) is 13.5. The van der Waals surface area contributed by atoms with E-state index >= 15 is 0 Å². The second kappa shape index (κ2) is 9.50. The predicted molar refractivity (Wildman–Crippen MR) is 109 cm³/mol. The largest absolute Gasteiger partial charge is 0.353 e. The van der Waals surface area contributed by atoms with Crippen molar-refractivity contribution in [3.8, 4) is 5.69 Å². The molecule has 0 bridgehead atoms. The Bertz CT molecular complexity index is 916. The standard InChI is InChI=1S/C21H23FN4OS/c1-15(12-13-17-8-4-3-5-9-17)24-20(27)16(2)28-21-25-23-14-26(21)19-11-7-6-10-18(19)22/h3-11,14-16H,12-13H2,1-2H3,(H,24,27)/t15-,16-/m1/s1. The van der Waals surface area contributed by atoms with Crippen LogP contribution < -0.4 is 5.32 Å². The van der Waals surface area contributed by atoms with Gasteiger partial charge in [-0.3, -0.25) is 9.36 Å². The zero-order valence-corrected chi connectivity index (χ0v) is 16.7. The first kappa shape index (κ1) is 20.1. The number of aryl methyl sites for hydroxylation is 1. The number of hydrogen-bond acceptors (Lipinski definition) is 4. The van der Waals surface area contributed by atoms with E-state index in [-0.39, 0.29) is 23.0 Å². The molecule has 146 valence electrons. The quantitative estimate of drug-likeness (QED) is 0.582. The van der Waals surface area contributed by atoms with Crippen molar-refractivity contribution in [3.05, 3.63) is 72.3 Å². The topological polar surface area (TPSA) is 59.8 Å². The maximum atomic E-state index is 14.1. The van der Waals surface area contributed by atoms with Crippen molar-refractivity contribution in [1.29, 1.82) is 0 Å². The molecule has 0 spiro atoms. The third-order valence-corrected chi connectivity index (χ3v) is 5.43. The summed E-state index contributed by atoms with van der Waals surface area (Å²) in [5.41, 5.74) is 1.61. The minimum Gasteiger partial charge on any atom is -0.353 e. The molecule has 0 radical (unpaired) electrons. The predicted octanol–water partition coefficient (Wildman–Crippen LogP) is 4.02. The van der Waals surface area contributed by atoms with Gasteiger partial charge in [-0.25, -0.2) is 4.39 Å². The van der Waals surface area contributed by atoms with Gasteiger partial charge in [-0.1, -0.05) is 54.2 Å². The second-order valence-electron chi connectivity index (χ2n) is 6.63. The van der Waals surface area contributed by atoms with Crippen LogP contribution in [0.1, 0.15) is 25.8 Å². The molecule has 3 rings (SSSR count). The van der Waals surface area contributed by atoms with Gasteiger partial charge < -0.3 is 5.32 Å². The molecule has 3 aromatic rings. The summed E-state index contributed by atoms with van der Waals surface area (Å²) in [4.78, 5) is 12.5. The average molecular weight is 399 g/mol. The number of nitrogens with one attached hydrogen (secondary N) is 1. The number of para-hydroxylation sites is 1. The van der Waals surface area contributed by atoms with E-state index in [9.17, 15) is 9.18 Å². The molecule has 1 aromatic heterocycles. The Morgan fingerprint density at radius 2 is 1.86 bits per heavy atom. The molecule has 0 saturated carbocycles. The van der Waals surface area contributed by atoms with Crippen molar-refractivity contribution in [3.63, 3.8) is 0 Å². The third kappa shape index (κ3) is 5.19. The smallest absolute Gasteiger partial charge is 0.233 e. The van der Waals surface area contributed by atoms with Gasteiger partial charge in [-0.15, -0.1) is 10.2 Å². The van der Waals surface area contributed by atoms with Gasteiger partial charge in [0.1, 0.15) is 12.1 Å². The molecule has 1 amide bonds. The summed E-state index contributed by atoms with van der Waals surface area (Å²) < 4.78 is 15.6. The summed E-state index contributed by atoms with van der Waals surface area (Å²) in [6.07, 6.45) is 3.22. The minimum atomic E-state index is -0.381. The number of carbonyl (C=O) groups is 1. The Labute approximate surface area is 168 Å². The Morgan fingerprint density at radius 1 is 1.14 bits per heavy atom. The molecule has 28 heavy (non-hydrogen) atoms. The first-order valence-corrected chi connectivity index (χ1v) is 10.1. The van der Waals surface area contributed by atoms with E-state index in [4.69, 9.17) is 0 Å². The number of carbonyl (C=O) groups excluding carboxylic acids is 1. The summed E-state index contributed by atoms with van der Waals surface area (Å²) in [7, 11) is 0. The van der Waals surface area contributed by atoms with Crippen LogP contribution in [-0.4, -0.2) is 32.0 Å². The number of nitrogens with zero attached hydrogens (tertiary/aromatic N) is 3. The molecule has 1 N–H and O–H groups in total. The van der Waals surface area contributed by atoms with Crippen LogP contribution in [-0.2, 0) is 11.2 Å². The lowest BCUT2D eigenvalue weighted by Crippen LogP contribution is -2.38.